The normalized spacial score (nSPS) is 28.4. The highest BCUT2D eigenvalue weighted by molar-refractivity contribution is 5.93. The number of nitrogens with zero attached hydrogens (tertiary/aromatic N) is 3. The van der Waals surface area contributed by atoms with E-state index in [9.17, 15) is 4.79 Å². The van der Waals surface area contributed by atoms with E-state index in [0.29, 0.717) is 23.8 Å². The molecule has 0 radical (unpaired) electrons. The van der Waals surface area contributed by atoms with Gasteiger partial charge in [0, 0.05) is 11.6 Å². The zero-order valence-corrected chi connectivity index (χ0v) is 13.4. The number of carbonyl (C=O) groups is 1. The number of benzene rings is 1. The van der Waals surface area contributed by atoms with Gasteiger partial charge in [0.25, 0.3) is 0 Å². The van der Waals surface area contributed by atoms with Crippen molar-refractivity contribution in [3.05, 3.63) is 54.6 Å². The molecule has 1 aromatic heterocycles. The van der Waals surface area contributed by atoms with Gasteiger partial charge in [0.1, 0.15) is 12.7 Å². The molecule has 5 heteroatoms. The number of amides is 1. The minimum Gasteiger partial charge on any atom is -0.326 e. The molecule has 3 aliphatic rings. The van der Waals surface area contributed by atoms with Crippen LogP contribution in [-0.4, -0.2) is 20.7 Å². The Bertz CT molecular complexity index is 789. The van der Waals surface area contributed by atoms with Crippen molar-refractivity contribution in [2.24, 2.45) is 23.2 Å². The van der Waals surface area contributed by atoms with Crippen LogP contribution in [0.4, 0.5) is 5.69 Å². The van der Waals surface area contributed by atoms with Gasteiger partial charge in [0.05, 0.1) is 6.54 Å². The van der Waals surface area contributed by atoms with Gasteiger partial charge in [-0.15, -0.1) is 0 Å². The molecule has 24 heavy (non-hydrogen) atoms. The fraction of sp³-hybridized carbons (Fsp3) is 0.421. The Labute approximate surface area is 140 Å². The van der Waals surface area contributed by atoms with Crippen LogP contribution in [0.2, 0.25) is 0 Å². The first-order chi connectivity index (χ1) is 11.7. The van der Waals surface area contributed by atoms with Gasteiger partial charge >= 0.3 is 0 Å². The number of carbonyl (C=O) groups excluding carboxylic acids is 1. The predicted octanol–water partition coefficient (Wildman–Crippen LogP) is 2.87. The summed E-state index contributed by atoms with van der Waals surface area (Å²) in [5.74, 6) is 1.44. The molecule has 122 valence electrons. The van der Waals surface area contributed by atoms with E-state index in [4.69, 9.17) is 0 Å². The lowest BCUT2D eigenvalue weighted by molar-refractivity contribution is -0.120. The molecule has 0 saturated heterocycles. The van der Waals surface area contributed by atoms with Crippen LogP contribution in [0, 0.1) is 23.2 Å². The maximum Gasteiger partial charge on any atom is 0.228 e. The summed E-state index contributed by atoms with van der Waals surface area (Å²) >= 11 is 0. The van der Waals surface area contributed by atoms with Crippen LogP contribution in [0.25, 0.3) is 0 Å². The molecule has 1 aromatic carbocycles. The van der Waals surface area contributed by atoms with Gasteiger partial charge in [0.15, 0.2) is 0 Å². The Hall–Kier alpha value is -2.43. The number of hydrogen-bond donors (Lipinski definition) is 1. The van der Waals surface area contributed by atoms with E-state index in [1.54, 1.807) is 11.0 Å². The van der Waals surface area contributed by atoms with E-state index in [1.165, 1.54) is 19.2 Å². The highest BCUT2D eigenvalue weighted by atomic mass is 16.1. The third-order valence-electron chi connectivity index (χ3n) is 6.09. The predicted molar refractivity (Wildman–Crippen MR) is 90.1 cm³/mol. The van der Waals surface area contributed by atoms with E-state index in [0.717, 1.165) is 17.7 Å². The fourth-order valence-electron chi connectivity index (χ4n) is 4.70. The molecule has 3 atom stereocenters. The van der Waals surface area contributed by atoms with Gasteiger partial charge in [0.2, 0.25) is 5.91 Å². The molecule has 1 spiro atoms. The Morgan fingerprint density at radius 1 is 1.25 bits per heavy atom. The van der Waals surface area contributed by atoms with Crippen LogP contribution in [0.3, 0.4) is 0 Å². The van der Waals surface area contributed by atoms with Gasteiger partial charge in [-0.25, -0.2) is 9.67 Å². The van der Waals surface area contributed by atoms with Crippen molar-refractivity contribution < 1.29 is 4.79 Å². The van der Waals surface area contributed by atoms with Crippen molar-refractivity contribution in [3.8, 4) is 0 Å². The fourth-order valence-corrected chi connectivity index (χ4v) is 4.70. The molecule has 1 N–H and O–H groups in total. The van der Waals surface area contributed by atoms with E-state index in [1.807, 2.05) is 24.3 Å². The average molecular weight is 320 g/mol. The number of hydrogen-bond acceptors (Lipinski definition) is 3. The first kappa shape index (κ1) is 14.0. The van der Waals surface area contributed by atoms with Crippen LogP contribution in [-0.2, 0) is 11.3 Å². The van der Waals surface area contributed by atoms with Crippen LogP contribution in [0.15, 0.2) is 49.1 Å². The first-order valence-corrected chi connectivity index (χ1v) is 8.65. The number of aromatic nitrogens is 3. The molecule has 0 aliphatic heterocycles. The highest BCUT2D eigenvalue weighted by Crippen LogP contribution is 2.70. The minimum absolute atomic E-state index is 0.150. The molecule has 2 aromatic rings. The van der Waals surface area contributed by atoms with Gasteiger partial charge in [-0.1, -0.05) is 24.3 Å². The monoisotopic (exact) mass is 320 g/mol. The van der Waals surface area contributed by atoms with E-state index in [-0.39, 0.29) is 11.8 Å². The van der Waals surface area contributed by atoms with Crippen molar-refractivity contribution in [1.82, 2.24) is 14.8 Å². The lowest BCUT2D eigenvalue weighted by Gasteiger charge is -2.19. The Kier molecular flexibility index (Phi) is 2.93. The number of allylic oxidation sites excluding steroid dienone is 2. The van der Waals surface area contributed by atoms with Crippen molar-refractivity contribution in [1.29, 1.82) is 0 Å². The van der Waals surface area contributed by atoms with E-state index >= 15 is 0 Å². The lowest BCUT2D eigenvalue weighted by atomic mass is 9.88. The summed E-state index contributed by atoms with van der Waals surface area (Å²) in [6.07, 6.45) is 11.5. The first-order valence-electron chi connectivity index (χ1n) is 8.65. The van der Waals surface area contributed by atoms with E-state index < -0.39 is 0 Å². The van der Waals surface area contributed by atoms with Crippen LogP contribution in [0.1, 0.15) is 24.8 Å². The van der Waals surface area contributed by atoms with Crippen molar-refractivity contribution in [2.45, 2.75) is 25.8 Å². The number of anilines is 1. The molecular formula is C19H20N4O. The second-order valence-electron chi connectivity index (χ2n) is 7.37. The molecule has 2 saturated carbocycles. The van der Waals surface area contributed by atoms with Crippen LogP contribution in [0.5, 0.6) is 0 Å². The molecule has 2 bridgehead atoms. The largest absolute Gasteiger partial charge is 0.326 e. The lowest BCUT2D eigenvalue weighted by Crippen LogP contribution is -2.27. The molecule has 5 rings (SSSR count). The maximum absolute atomic E-state index is 12.7. The zero-order chi connectivity index (χ0) is 16.1. The standard InChI is InChI=1S/C19H20N4O/c24-18(16-9-14-3-6-17(16)19(14)7-8-19)22-15-4-1-13(2-5-15)10-23-12-20-11-21-23/h1-6,11-12,14,16-17H,7-10H2,(H,22,24). The zero-order valence-electron chi connectivity index (χ0n) is 13.4. The third kappa shape index (κ3) is 2.11. The molecule has 2 fully saturated rings. The van der Waals surface area contributed by atoms with Crippen LogP contribution >= 0.6 is 0 Å². The second kappa shape index (κ2) is 5.03. The molecule has 3 unspecified atom stereocenters. The SMILES string of the molecule is O=C(Nc1ccc(Cn2cncn2)cc1)C1CC2C=CC1C21CC1. The van der Waals surface area contributed by atoms with Crippen LogP contribution < -0.4 is 5.32 Å². The quantitative estimate of drug-likeness (QED) is 0.881. The van der Waals surface area contributed by atoms with Gasteiger partial charge in [-0.3, -0.25) is 4.79 Å². The minimum atomic E-state index is 0.150. The van der Waals surface area contributed by atoms with Gasteiger partial charge in [-0.05, 0) is 54.2 Å². The van der Waals surface area contributed by atoms with Crippen molar-refractivity contribution in [3.63, 3.8) is 0 Å². The maximum atomic E-state index is 12.7. The summed E-state index contributed by atoms with van der Waals surface area (Å²) in [6, 6.07) is 8.00. The van der Waals surface area contributed by atoms with Crippen molar-refractivity contribution >= 4 is 11.6 Å². The summed E-state index contributed by atoms with van der Waals surface area (Å²) in [7, 11) is 0. The van der Waals surface area contributed by atoms with Gasteiger partial charge < -0.3 is 5.32 Å². The summed E-state index contributed by atoms with van der Waals surface area (Å²) in [6.45, 7) is 0.688. The summed E-state index contributed by atoms with van der Waals surface area (Å²) in [5.41, 5.74) is 2.47. The Morgan fingerprint density at radius 3 is 2.75 bits per heavy atom. The second-order valence-corrected chi connectivity index (χ2v) is 7.37. The van der Waals surface area contributed by atoms with E-state index in [2.05, 4.69) is 27.6 Å². The highest BCUT2D eigenvalue weighted by Gasteiger charge is 2.63. The average Bonchev–Trinajstić information content (AvgIpc) is 2.95. The molecule has 5 nitrogen and oxygen atoms in total. The molecule has 3 aliphatic carbocycles. The summed E-state index contributed by atoms with van der Waals surface area (Å²) in [4.78, 5) is 16.6. The third-order valence-corrected chi connectivity index (χ3v) is 6.09. The summed E-state index contributed by atoms with van der Waals surface area (Å²) in [5, 5.41) is 7.22. The van der Waals surface area contributed by atoms with Gasteiger partial charge in [-0.2, -0.15) is 5.10 Å². The topological polar surface area (TPSA) is 59.8 Å². The molecule has 1 amide bonds. The number of rotatable bonds is 4. The molecular weight excluding hydrogens is 300 g/mol. The van der Waals surface area contributed by atoms with Crippen molar-refractivity contribution in [2.75, 3.05) is 5.32 Å². The Morgan fingerprint density at radius 2 is 2.08 bits per heavy atom. The Balaban J connectivity index is 1.25. The molecule has 1 heterocycles. The smallest absolute Gasteiger partial charge is 0.228 e. The summed E-state index contributed by atoms with van der Waals surface area (Å²) < 4.78 is 1.78. The number of nitrogens with one attached hydrogen (secondary N) is 1.